The molecule has 1 amide bonds. The maximum Gasteiger partial charge on any atom is 0.303 e. The molecule has 1 fully saturated rings. The fraction of sp³-hybridized carbons (Fsp3) is 0.273. The molecule has 4 unspecified atom stereocenters. The van der Waals surface area contributed by atoms with Crippen molar-refractivity contribution in [1.82, 2.24) is 10.2 Å². The quantitative estimate of drug-likeness (QED) is 0.115. The third-order valence-corrected chi connectivity index (χ3v) is 9.17. The van der Waals surface area contributed by atoms with Crippen molar-refractivity contribution in [2.24, 2.45) is 0 Å². The standard InChI is InChI=1S/C44H46N2O6/c1-31(50-32(2)48)43(49)45-26-36-15-9-16-38(23-36)39-17-10-18-40(24-39)44-51-41(25-42(52-44)37-21-19-35(30-47)20-22-37)29-46(27-33-11-5-3-6-12-33)28-34-13-7-4-8-14-34/h3-24,31,41-42,44,47H,25-30H2,1-2H3,(H,45,49). The summed E-state index contributed by atoms with van der Waals surface area (Å²) in [6.45, 7) is 5.40. The Morgan fingerprint density at radius 2 is 1.37 bits per heavy atom. The molecule has 8 nitrogen and oxygen atoms in total. The number of carbonyl (C=O) groups is 2. The highest BCUT2D eigenvalue weighted by molar-refractivity contribution is 5.82. The molecule has 0 aromatic heterocycles. The van der Waals surface area contributed by atoms with Crippen molar-refractivity contribution in [2.75, 3.05) is 6.54 Å². The number of nitrogens with one attached hydrogen (secondary N) is 1. The number of benzene rings is 5. The maximum atomic E-state index is 12.4. The molecule has 0 spiro atoms. The predicted molar refractivity (Wildman–Crippen MR) is 200 cm³/mol. The molecule has 1 heterocycles. The molecule has 5 aromatic carbocycles. The molecular weight excluding hydrogens is 652 g/mol. The van der Waals surface area contributed by atoms with Crippen molar-refractivity contribution in [3.8, 4) is 11.1 Å². The van der Waals surface area contributed by atoms with Gasteiger partial charge in [-0.1, -0.05) is 121 Å². The van der Waals surface area contributed by atoms with Gasteiger partial charge in [0.1, 0.15) is 0 Å². The van der Waals surface area contributed by atoms with Gasteiger partial charge in [0.15, 0.2) is 12.4 Å². The summed E-state index contributed by atoms with van der Waals surface area (Å²) in [7, 11) is 0. The Morgan fingerprint density at radius 3 is 2.00 bits per heavy atom. The minimum Gasteiger partial charge on any atom is -0.453 e. The summed E-state index contributed by atoms with van der Waals surface area (Å²) in [5.74, 6) is -0.847. The van der Waals surface area contributed by atoms with Crippen LogP contribution in [0.5, 0.6) is 0 Å². The monoisotopic (exact) mass is 698 g/mol. The molecule has 8 heteroatoms. The molecule has 2 N–H and O–H groups in total. The van der Waals surface area contributed by atoms with Gasteiger partial charge in [-0.05, 0) is 58.0 Å². The van der Waals surface area contributed by atoms with E-state index in [1.165, 1.54) is 18.1 Å². The van der Waals surface area contributed by atoms with Crippen LogP contribution in [0.2, 0.25) is 0 Å². The van der Waals surface area contributed by atoms with E-state index in [0.717, 1.165) is 46.5 Å². The summed E-state index contributed by atoms with van der Waals surface area (Å²) in [4.78, 5) is 26.1. The lowest BCUT2D eigenvalue weighted by molar-refractivity contribution is -0.253. The highest BCUT2D eigenvalue weighted by atomic mass is 16.7. The number of hydrogen-bond donors (Lipinski definition) is 2. The Balaban J connectivity index is 1.23. The van der Waals surface area contributed by atoms with E-state index in [-0.39, 0.29) is 24.7 Å². The lowest BCUT2D eigenvalue weighted by atomic mass is 9.98. The average Bonchev–Trinajstić information content (AvgIpc) is 3.17. The number of carbonyl (C=O) groups excluding carboxylic acids is 2. The highest BCUT2D eigenvalue weighted by Gasteiger charge is 2.33. The second kappa shape index (κ2) is 17.9. The van der Waals surface area contributed by atoms with Gasteiger partial charge in [0.25, 0.3) is 5.91 Å². The van der Waals surface area contributed by atoms with E-state index < -0.39 is 18.4 Å². The molecule has 0 bridgehead atoms. The fourth-order valence-corrected chi connectivity index (χ4v) is 6.55. The minimum absolute atomic E-state index is 0.0120. The van der Waals surface area contributed by atoms with Crippen LogP contribution in [0.4, 0.5) is 0 Å². The van der Waals surface area contributed by atoms with Crippen molar-refractivity contribution in [3.63, 3.8) is 0 Å². The predicted octanol–water partition coefficient (Wildman–Crippen LogP) is 7.66. The summed E-state index contributed by atoms with van der Waals surface area (Å²) in [5, 5.41) is 12.5. The van der Waals surface area contributed by atoms with Crippen LogP contribution in [-0.4, -0.2) is 40.6 Å². The lowest BCUT2D eigenvalue weighted by Crippen LogP contribution is -2.39. The number of aliphatic hydroxyl groups excluding tert-OH is 1. The molecule has 52 heavy (non-hydrogen) atoms. The van der Waals surface area contributed by atoms with Gasteiger partial charge >= 0.3 is 5.97 Å². The van der Waals surface area contributed by atoms with Crippen LogP contribution in [0.3, 0.4) is 0 Å². The van der Waals surface area contributed by atoms with Crippen LogP contribution in [-0.2, 0) is 50.0 Å². The normalized spacial score (nSPS) is 17.7. The first kappa shape index (κ1) is 36.7. The number of hydrogen-bond acceptors (Lipinski definition) is 7. The number of aliphatic hydroxyl groups is 1. The van der Waals surface area contributed by atoms with E-state index >= 15 is 0 Å². The molecule has 1 saturated heterocycles. The van der Waals surface area contributed by atoms with Crippen LogP contribution >= 0.6 is 0 Å². The molecule has 4 atom stereocenters. The molecule has 1 aliphatic heterocycles. The molecule has 5 aromatic rings. The SMILES string of the molecule is CC(=O)OC(C)C(=O)NCc1cccc(-c2cccc(C3OC(CN(Cc4ccccc4)Cc4ccccc4)CC(c4ccc(CO)cc4)O3)c2)c1. The molecule has 6 rings (SSSR count). The lowest BCUT2D eigenvalue weighted by Gasteiger charge is -2.38. The zero-order chi connectivity index (χ0) is 36.3. The number of amides is 1. The van der Waals surface area contributed by atoms with Crippen LogP contribution in [0, 0.1) is 0 Å². The van der Waals surface area contributed by atoms with E-state index in [0.29, 0.717) is 19.5 Å². The molecule has 0 saturated carbocycles. The smallest absolute Gasteiger partial charge is 0.303 e. The summed E-state index contributed by atoms with van der Waals surface area (Å²) in [5.41, 5.74) is 8.19. The first-order chi connectivity index (χ1) is 25.3. The van der Waals surface area contributed by atoms with Crippen LogP contribution < -0.4 is 5.32 Å². The van der Waals surface area contributed by atoms with Gasteiger partial charge in [0.2, 0.25) is 0 Å². The van der Waals surface area contributed by atoms with E-state index in [9.17, 15) is 14.7 Å². The van der Waals surface area contributed by atoms with E-state index in [2.05, 4.69) is 70.9 Å². The fourth-order valence-electron chi connectivity index (χ4n) is 6.55. The van der Waals surface area contributed by atoms with Crippen LogP contribution in [0.1, 0.15) is 66.0 Å². The van der Waals surface area contributed by atoms with Gasteiger partial charge in [0.05, 0.1) is 18.8 Å². The summed E-state index contributed by atoms with van der Waals surface area (Å²) < 4.78 is 18.5. The van der Waals surface area contributed by atoms with Crippen molar-refractivity contribution in [3.05, 3.63) is 167 Å². The number of rotatable bonds is 14. The van der Waals surface area contributed by atoms with Gasteiger partial charge in [-0.3, -0.25) is 14.5 Å². The third-order valence-electron chi connectivity index (χ3n) is 9.17. The zero-order valence-corrected chi connectivity index (χ0v) is 29.7. The Hall–Kier alpha value is -5.12. The minimum atomic E-state index is -0.864. The molecule has 0 aliphatic carbocycles. The van der Waals surface area contributed by atoms with Crippen molar-refractivity contribution in [2.45, 2.75) is 71.1 Å². The molecule has 0 radical (unpaired) electrons. The summed E-state index contributed by atoms with van der Waals surface area (Å²) in [6.07, 6.45) is -1.13. The van der Waals surface area contributed by atoms with Crippen LogP contribution in [0.25, 0.3) is 11.1 Å². The highest BCUT2D eigenvalue weighted by Crippen LogP contribution is 2.39. The maximum absolute atomic E-state index is 12.4. The van der Waals surface area contributed by atoms with E-state index in [4.69, 9.17) is 14.2 Å². The van der Waals surface area contributed by atoms with E-state index in [1.54, 1.807) is 6.92 Å². The first-order valence-corrected chi connectivity index (χ1v) is 17.8. The Bertz CT molecular complexity index is 1860. The largest absolute Gasteiger partial charge is 0.453 e. The van der Waals surface area contributed by atoms with Crippen molar-refractivity contribution in [1.29, 1.82) is 0 Å². The molecular formula is C44H46N2O6. The Kier molecular flexibility index (Phi) is 12.6. The van der Waals surface area contributed by atoms with Gasteiger partial charge in [-0.15, -0.1) is 0 Å². The Labute approximate surface area is 306 Å². The second-order valence-corrected chi connectivity index (χ2v) is 13.3. The van der Waals surface area contributed by atoms with Gasteiger partial charge in [0, 0.05) is 45.1 Å². The number of esters is 1. The topological polar surface area (TPSA) is 97.3 Å². The third kappa shape index (κ3) is 10.2. The number of ether oxygens (including phenoxy) is 3. The van der Waals surface area contributed by atoms with Crippen LogP contribution in [0.15, 0.2) is 133 Å². The Morgan fingerprint density at radius 1 is 0.750 bits per heavy atom. The zero-order valence-electron chi connectivity index (χ0n) is 29.7. The average molecular weight is 699 g/mol. The van der Waals surface area contributed by atoms with Gasteiger partial charge < -0.3 is 24.6 Å². The van der Waals surface area contributed by atoms with Gasteiger partial charge in [-0.2, -0.15) is 0 Å². The van der Waals surface area contributed by atoms with E-state index in [1.807, 2.05) is 72.8 Å². The van der Waals surface area contributed by atoms with Crippen molar-refractivity contribution >= 4 is 11.9 Å². The number of nitrogens with zero attached hydrogens (tertiary/aromatic N) is 1. The first-order valence-electron chi connectivity index (χ1n) is 17.8. The summed E-state index contributed by atoms with van der Waals surface area (Å²) in [6, 6.07) is 45.2. The van der Waals surface area contributed by atoms with Crippen molar-refractivity contribution < 1.29 is 28.9 Å². The molecule has 268 valence electrons. The second-order valence-electron chi connectivity index (χ2n) is 13.3. The molecule has 1 aliphatic rings. The summed E-state index contributed by atoms with van der Waals surface area (Å²) >= 11 is 0. The van der Waals surface area contributed by atoms with Gasteiger partial charge in [-0.25, -0.2) is 0 Å².